The standard InChI is InChI=1S/C14H23NO/c1-4-5-15-6-7-16-11-14-9-12(2)8-13(3)10-14/h8-10,15H,4-7,11H2,1-3H3. The molecule has 0 aromatic heterocycles. The third kappa shape index (κ3) is 5.29. The Labute approximate surface area is 99.0 Å². The molecule has 0 unspecified atom stereocenters. The van der Waals surface area contributed by atoms with Crippen molar-refractivity contribution in [2.75, 3.05) is 19.7 Å². The van der Waals surface area contributed by atoms with E-state index in [1.165, 1.54) is 23.1 Å². The molecule has 1 aromatic rings. The summed E-state index contributed by atoms with van der Waals surface area (Å²) in [4.78, 5) is 0. The fourth-order valence-electron chi connectivity index (χ4n) is 1.79. The minimum atomic E-state index is 0.719. The van der Waals surface area contributed by atoms with Crippen LogP contribution in [0, 0.1) is 13.8 Å². The van der Waals surface area contributed by atoms with Crippen molar-refractivity contribution in [3.05, 3.63) is 34.9 Å². The molecule has 16 heavy (non-hydrogen) atoms. The Morgan fingerprint density at radius 3 is 2.38 bits per heavy atom. The highest BCUT2D eigenvalue weighted by molar-refractivity contribution is 5.27. The molecular formula is C14H23NO. The molecule has 90 valence electrons. The Balaban J connectivity index is 2.21. The number of nitrogens with one attached hydrogen (secondary N) is 1. The van der Waals surface area contributed by atoms with Crippen LogP contribution in [-0.4, -0.2) is 19.7 Å². The van der Waals surface area contributed by atoms with Crippen LogP contribution in [0.15, 0.2) is 18.2 Å². The summed E-state index contributed by atoms with van der Waals surface area (Å²) in [6.07, 6.45) is 1.18. The van der Waals surface area contributed by atoms with Crippen LogP contribution >= 0.6 is 0 Å². The Morgan fingerprint density at radius 1 is 1.06 bits per heavy atom. The molecule has 1 N–H and O–H groups in total. The molecule has 0 aliphatic rings. The number of ether oxygens (including phenoxy) is 1. The highest BCUT2D eigenvalue weighted by Gasteiger charge is 1.96. The lowest BCUT2D eigenvalue weighted by atomic mass is 10.1. The van der Waals surface area contributed by atoms with Crippen LogP contribution in [0.5, 0.6) is 0 Å². The van der Waals surface area contributed by atoms with Gasteiger partial charge in [0.2, 0.25) is 0 Å². The van der Waals surface area contributed by atoms with Crippen molar-refractivity contribution in [2.45, 2.75) is 33.8 Å². The van der Waals surface area contributed by atoms with Crippen molar-refractivity contribution in [1.29, 1.82) is 0 Å². The Morgan fingerprint density at radius 2 is 1.75 bits per heavy atom. The van der Waals surface area contributed by atoms with Crippen LogP contribution in [0.1, 0.15) is 30.0 Å². The van der Waals surface area contributed by atoms with Crippen LogP contribution in [-0.2, 0) is 11.3 Å². The van der Waals surface area contributed by atoms with Gasteiger partial charge in [-0.2, -0.15) is 0 Å². The summed E-state index contributed by atoms with van der Waals surface area (Å²) >= 11 is 0. The van der Waals surface area contributed by atoms with Gasteiger partial charge in [-0.1, -0.05) is 36.2 Å². The number of rotatable bonds is 7. The molecule has 0 bridgehead atoms. The van der Waals surface area contributed by atoms with Crippen LogP contribution in [0.3, 0.4) is 0 Å². The van der Waals surface area contributed by atoms with Crippen LogP contribution in [0.25, 0.3) is 0 Å². The average Bonchev–Trinajstić information content (AvgIpc) is 2.22. The molecule has 1 rings (SSSR count). The summed E-state index contributed by atoms with van der Waals surface area (Å²) in [6.45, 7) is 9.94. The van der Waals surface area contributed by atoms with Crippen LogP contribution < -0.4 is 5.32 Å². The highest BCUT2D eigenvalue weighted by atomic mass is 16.5. The molecular weight excluding hydrogens is 198 g/mol. The number of hydrogen-bond donors (Lipinski definition) is 1. The molecule has 1 aromatic carbocycles. The summed E-state index contributed by atoms with van der Waals surface area (Å²) < 4.78 is 5.61. The van der Waals surface area contributed by atoms with Crippen molar-refractivity contribution < 1.29 is 4.74 Å². The zero-order chi connectivity index (χ0) is 11.8. The molecule has 2 nitrogen and oxygen atoms in total. The summed E-state index contributed by atoms with van der Waals surface area (Å²) in [5.74, 6) is 0. The van der Waals surface area contributed by atoms with Crippen molar-refractivity contribution >= 4 is 0 Å². The topological polar surface area (TPSA) is 21.3 Å². The zero-order valence-electron chi connectivity index (χ0n) is 10.7. The molecule has 0 radical (unpaired) electrons. The van der Waals surface area contributed by atoms with E-state index in [-0.39, 0.29) is 0 Å². The van der Waals surface area contributed by atoms with Crippen LogP contribution in [0.2, 0.25) is 0 Å². The minimum absolute atomic E-state index is 0.719. The van der Waals surface area contributed by atoms with E-state index in [0.29, 0.717) is 0 Å². The molecule has 0 atom stereocenters. The van der Waals surface area contributed by atoms with Crippen molar-refractivity contribution in [2.24, 2.45) is 0 Å². The zero-order valence-corrected chi connectivity index (χ0v) is 10.7. The maximum absolute atomic E-state index is 5.61. The van der Waals surface area contributed by atoms with Gasteiger partial charge in [0.25, 0.3) is 0 Å². The fraction of sp³-hybridized carbons (Fsp3) is 0.571. The van der Waals surface area contributed by atoms with Gasteiger partial charge in [0.1, 0.15) is 0 Å². The first-order valence-corrected chi connectivity index (χ1v) is 6.08. The van der Waals surface area contributed by atoms with Gasteiger partial charge in [-0.25, -0.2) is 0 Å². The second-order valence-corrected chi connectivity index (χ2v) is 4.30. The third-order valence-electron chi connectivity index (χ3n) is 2.40. The maximum atomic E-state index is 5.61. The van der Waals surface area contributed by atoms with Gasteiger partial charge in [0.05, 0.1) is 13.2 Å². The van der Waals surface area contributed by atoms with Gasteiger partial charge < -0.3 is 10.1 Å². The lowest BCUT2D eigenvalue weighted by Gasteiger charge is -2.07. The van der Waals surface area contributed by atoms with Crippen molar-refractivity contribution in [3.63, 3.8) is 0 Å². The van der Waals surface area contributed by atoms with E-state index in [4.69, 9.17) is 4.74 Å². The molecule has 0 saturated heterocycles. The number of aryl methyl sites for hydroxylation is 2. The van der Waals surface area contributed by atoms with Gasteiger partial charge in [0, 0.05) is 6.54 Å². The highest BCUT2D eigenvalue weighted by Crippen LogP contribution is 2.09. The summed E-state index contributed by atoms with van der Waals surface area (Å²) in [5, 5.41) is 3.32. The molecule has 0 aliphatic heterocycles. The van der Waals surface area contributed by atoms with E-state index in [2.05, 4.69) is 44.3 Å². The van der Waals surface area contributed by atoms with Crippen molar-refractivity contribution in [1.82, 2.24) is 5.32 Å². The molecule has 0 saturated carbocycles. The van der Waals surface area contributed by atoms with E-state index in [0.717, 1.165) is 26.3 Å². The van der Waals surface area contributed by atoms with Gasteiger partial charge >= 0.3 is 0 Å². The van der Waals surface area contributed by atoms with E-state index in [1.807, 2.05) is 0 Å². The fourth-order valence-corrected chi connectivity index (χ4v) is 1.79. The van der Waals surface area contributed by atoms with E-state index in [9.17, 15) is 0 Å². The second-order valence-electron chi connectivity index (χ2n) is 4.30. The van der Waals surface area contributed by atoms with E-state index in [1.54, 1.807) is 0 Å². The first-order valence-electron chi connectivity index (χ1n) is 6.08. The molecule has 0 fully saturated rings. The molecule has 2 heteroatoms. The first-order chi connectivity index (χ1) is 7.72. The molecule has 0 aliphatic carbocycles. The summed E-state index contributed by atoms with van der Waals surface area (Å²) in [5.41, 5.74) is 3.89. The SMILES string of the molecule is CCCNCCOCc1cc(C)cc(C)c1. The quantitative estimate of drug-likeness (QED) is 0.715. The number of hydrogen-bond acceptors (Lipinski definition) is 2. The lowest BCUT2D eigenvalue weighted by Crippen LogP contribution is -2.20. The Kier molecular flexibility index (Phi) is 6.12. The molecule has 0 heterocycles. The molecule has 0 amide bonds. The maximum Gasteiger partial charge on any atom is 0.0717 e. The number of benzene rings is 1. The molecule has 0 spiro atoms. The average molecular weight is 221 g/mol. The van der Waals surface area contributed by atoms with Gasteiger partial charge in [-0.05, 0) is 32.4 Å². The predicted molar refractivity (Wildman–Crippen MR) is 68.7 cm³/mol. The van der Waals surface area contributed by atoms with Crippen molar-refractivity contribution in [3.8, 4) is 0 Å². The monoisotopic (exact) mass is 221 g/mol. The normalized spacial score (nSPS) is 10.7. The largest absolute Gasteiger partial charge is 0.375 e. The van der Waals surface area contributed by atoms with Crippen LogP contribution in [0.4, 0.5) is 0 Å². The minimum Gasteiger partial charge on any atom is -0.375 e. The Hall–Kier alpha value is -0.860. The van der Waals surface area contributed by atoms with Gasteiger partial charge in [-0.3, -0.25) is 0 Å². The first kappa shape index (κ1) is 13.2. The smallest absolute Gasteiger partial charge is 0.0717 e. The lowest BCUT2D eigenvalue weighted by molar-refractivity contribution is 0.123. The van der Waals surface area contributed by atoms with E-state index < -0.39 is 0 Å². The second kappa shape index (κ2) is 7.42. The summed E-state index contributed by atoms with van der Waals surface area (Å²) in [7, 11) is 0. The Bertz CT molecular complexity index is 289. The van der Waals surface area contributed by atoms with Gasteiger partial charge in [0.15, 0.2) is 0 Å². The predicted octanol–water partition coefficient (Wildman–Crippen LogP) is 2.82. The third-order valence-corrected chi connectivity index (χ3v) is 2.40. The summed E-state index contributed by atoms with van der Waals surface area (Å²) in [6, 6.07) is 6.56. The van der Waals surface area contributed by atoms with Gasteiger partial charge in [-0.15, -0.1) is 0 Å². The van der Waals surface area contributed by atoms with E-state index >= 15 is 0 Å².